The number of aldehydes is 1. The van der Waals surface area contributed by atoms with E-state index in [1.807, 2.05) is 30.4 Å². The molecule has 0 aromatic carbocycles. The molecule has 0 aromatic heterocycles. The maximum Gasteiger partial charge on any atom is 0.142 e. The van der Waals surface area contributed by atoms with Crippen LogP contribution in [-0.2, 0) is 4.79 Å². The minimum absolute atomic E-state index is 0.427. The highest BCUT2D eigenvalue weighted by atomic mass is 16.1. The SMILES string of the molecule is O=C/C=C/CC1C=CC=CC=C1. The lowest BCUT2D eigenvalue weighted by atomic mass is 10.1. The molecule has 1 aliphatic carbocycles. The summed E-state index contributed by atoms with van der Waals surface area (Å²) in [4.78, 5) is 9.98. The Kier molecular flexibility index (Phi) is 3.86. The van der Waals surface area contributed by atoms with Gasteiger partial charge in [-0.1, -0.05) is 42.5 Å². The van der Waals surface area contributed by atoms with Crippen LogP contribution in [-0.4, -0.2) is 6.29 Å². The first kappa shape index (κ1) is 8.72. The molecule has 62 valence electrons. The van der Waals surface area contributed by atoms with E-state index < -0.39 is 0 Å². The summed E-state index contributed by atoms with van der Waals surface area (Å²) >= 11 is 0. The molecule has 1 heteroatoms. The summed E-state index contributed by atoms with van der Waals surface area (Å²) in [6, 6.07) is 0. The zero-order valence-corrected chi connectivity index (χ0v) is 6.89. The van der Waals surface area contributed by atoms with Crippen LogP contribution in [0.15, 0.2) is 48.6 Å². The third-order valence-corrected chi connectivity index (χ3v) is 1.67. The van der Waals surface area contributed by atoms with Crippen molar-refractivity contribution in [2.24, 2.45) is 5.92 Å². The van der Waals surface area contributed by atoms with Gasteiger partial charge in [0, 0.05) is 0 Å². The zero-order valence-electron chi connectivity index (χ0n) is 6.89. The Morgan fingerprint density at radius 3 is 2.33 bits per heavy atom. The van der Waals surface area contributed by atoms with E-state index >= 15 is 0 Å². The number of hydrogen-bond acceptors (Lipinski definition) is 1. The second-order valence-electron chi connectivity index (χ2n) is 2.62. The minimum atomic E-state index is 0.427. The summed E-state index contributed by atoms with van der Waals surface area (Å²) in [7, 11) is 0. The molecular formula is C11H12O. The standard InChI is InChI=1S/C11H12O/c12-10-6-5-9-11-7-3-1-2-4-8-11/h1-8,10-11H,9H2/b6-5+. The topological polar surface area (TPSA) is 17.1 Å². The Labute approximate surface area is 72.8 Å². The molecule has 0 amide bonds. The minimum Gasteiger partial charge on any atom is -0.299 e. The van der Waals surface area contributed by atoms with Crippen molar-refractivity contribution in [3.63, 3.8) is 0 Å². The fourth-order valence-electron chi connectivity index (χ4n) is 1.05. The monoisotopic (exact) mass is 160 g/mol. The normalized spacial score (nSPS) is 17.0. The Hall–Kier alpha value is -1.37. The molecule has 0 N–H and O–H groups in total. The van der Waals surface area contributed by atoms with Gasteiger partial charge in [0.2, 0.25) is 0 Å². The molecule has 1 aliphatic rings. The first-order chi connectivity index (χ1) is 5.93. The number of carbonyl (C=O) groups is 1. The van der Waals surface area contributed by atoms with E-state index in [0.717, 1.165) is 12.7 Å². The second kappa shape index (κ2) is 5.30. The van der Waals surface area contributed by atoms with Crippen LogP contribution in [0.1, 0.15) is 6.42 Å². The highest BCUT2D eigenvalue weighted by Gasteiger charge is 1.96. The fraction of sp³-hybridized carbons (Fsp3) is 0.182. The van der Waals surface area contributed by atoms with Gasteiger partial charge in [0.05, 0.1) is 0 Å². The van der Waals surface area contributed by atoms with E-state index in [2.05, 4.69) is 12.2 Å². The molecule has 0 aromatic rings. The van der Waals surface area contributed by atoms with Gasteiger partial charge in [-0.15, -0.1) is 0 Å². The van der Waals surface area contributed by atoms with Crippen molar-refractivity contribution >= 4 is 6.29 Å². The fourth-order valence-corrected chi connectivity index (χ4v) is 1.05. The number of hydrogen-bond donors (Lipinski definition) is 0. The van der Waals surface area contributed by atoms with Gasteiger partial charge in [0.15, 0.2) is 0 Å². The molecule has 0 heterocycles. The van der Waals surface area contributed by atoms with Crippen LogP contribution >= 0.6 is 0 Å². The van der Waals surface area contributed by atoms with Gasteiger partial charge in [-0.3, -0.25) is 4.79 Å². The molecule has 0 fully saturated rings. The Balaban J connectivity index is 2.42. The Morgan fingerprint density at radius 2 is 1.75 bits per heavy atom. The van der Waals surface area contributed by atoms with Crippen molar-refractivity contribution in [3.05, 3.63) is 48.6 Å². The van der Waals surface area contributed by atoms with Crippen molar-refractivity contribution < 1.29 is 4.79 Å². The molecule has 1 nitrogen and oxygen atoms in total. The number of carbonyl (C=O) groups excluding carboxylic acids is 1. The number of allylic oxidation sites excluding steroid dienone is 8. The van der Waals surface area contributed by atoms with Crippen molar-refractivity contribution in [1.82, 2.24) is 0 Å². The molecular weight excluding hydrogens is 148 g/mol. The first-order valence-corrected chi connectivity index (χ1v) is 4.05. The lowest BCUT2D eigenvalue weighted by Gasteiger charge is -2.00. The third-order valence-electron chi connectivity index (χ3n) is 1.67. The van der Waals surface area contributed by atoms with Crippen molar-refractivity contribution in [2.75, 3.05) is 0 Å². The lowest BCUT2D eigenvalue weighted by Crippen LogP contribution is -1.87. The van der Waals surface area contributed by atoms with Crippen LogP contribution in [0.2, 0.25) is 0 Å². The highest BCUT2D eigenvalue weighted by Crippen LogP contribution is 2.10. The molecule has 0 saturated heterocycles. The molecule has 12 heavy (non-hydrogen) atoms. The molecule has 0 bridgehead atoms. The zero-order chi connectivity index (χ0) is 8.65. The van der Waals surface area contributed by atoms with E-state index in [1.54, 1.807) is 6.08 Å². The summed E-state index contributed by atoms with van der Waals surface area (Å²) in [5.41, 5.74) is 0. The van der Waals surface area contributed by atoms with Crippen LogP contribution in [0.25, 0.3) is 0 Å². The van der Waals surface area contributed by atoms with Crippen molar-refractivity contribution in [2.45, 2.75) is 6.42 Å². The number of rotatable bonds is 3. The largest absolute Gasteiger partial charge is 0.299 e. The molecule has 0 radical (unpaired) electrons. The van der Waals surface area contributed by atoms with Crippen LogP contribution in [0.5, 0.6) is 0 Å². The second-order valence-corrected chi connectivity index (χ2v) is 2.62. The molecule has 0 aliphatic heterocycles. The average Bonchev–Trinajstić information content (AvgIpc) is 2.33. The molecule has 0 saturated carbocycles. The smallest absolute Gasteiger partial charge is 0.142 e. The Morgan fingerprint density at radius 1 is 1.08 bits per heavy atom. The van der Waals surface area contributed by atoms with Crippen LogP contribution in [0.4, 0.5) is 0 Å². The summed E-state index contributed by atoms with van der Waals surface area (Å²) in [6.45, 7) is 0. The maximum absolute atomic E-state index is 9.98. The van der Waals surface area contributed by atoms with Gasteiger partial charge in [-0.25, -0.2) is 0 Å². The van der Waals surface area contributed by atoms with E-state index in [1.165, 1.54) is 0 Å². The van der Waals surface area contributed by atoms with Crippen molar-refractivity contribution in [1.29, 1.82) is 0 Å². The summed E-state index contributed by atoms with van der Waals surface area (Å²) in [5, 5.41) is 0. The van der Waals surface area contributed by atoms with Crippen molar-refractivity contribution in [3.8, 4) is 0 Å². The van der Waals surface area contributed by atoms with E-state index in [-0.39, 0.29) is 0 Å². The van der Waals surface area contributed by atoms with Gasteiger partial charge in [0.1, 0.15) is 6.29 Å². The highest BCUT2D eigenvalue weighted by molar-refractivity contribution is 5.64. The lowest BCUT2D eigenvalue weighted by molar-refractivity contribution is -0.104. The van der Waals surface area contributed by atoms with E-state index in [9.17, 15) is 4.79 Å². The summed E-state index contributed by atoms with van der Waals surface area (Å²) in [5.74, 6) is 0.427. The molecule has 1 rings (SSSR count). The van der Waals surface area contributed by atoms with E-state index in [0.29, 0.717) is 5.92 Å². The van der Waals surface area contributed by atoms with Gasteiger partial charge in [0.25, 0.3) is 0 Å². The van der Waals surface area contributed by atoms with Gasteiger partial charge in [-0.05, 0) is 18.4 Å². The average molecular weight is 160 g/mol. The predicted octanol–water partition coefficient (Wildman–Crippen LogP) is 2.43. The van der Waals surface area contributed by atoms with Gasteiger partial charge < -0.3 is 0 Å². The Bertz CT molecular complexity index is 228. The van der Waals surface area contributed by atoms with Gasteiger partial charge >= 0.3 is 0 Å². The molecule has 0 spiro atoms. The maximum atomic E-state index is 9.98. The predicted molar refractivity (Wildman–Crippen MR) is 50.7 cm³/mol. The quantitative estimate of drug-likeness (QED) is 0.457. The summed E-state index contributed by atoms with van der Waals surface area (Å²) in [6.07, 6.45) is 17.4. The van der Waals surface area contributed by atoms with Crippen LogP contribution in [0.3, 0.4) is 0 Å². The summed E-state index contributed by atoms with van der Waals surface area (Å²) < 4.78 is 0. The molecule has 0 atom stereocenters. The van der Waals surface area contributed by atoms with Gasteiger partial charge in [-0.2, -0.15) is 0 Å². The molecule has 0 unspecified atom stereocenters. The van der Waals surface area contributed by atoms with E-state index in [4.69, 9.17) is 0 Å². The first-order valence-electron chi connectivity index (χ1n) is 4.05. The van der Waals surface area contributed by atoms with Crippen LogP contribution in [0, 0.1) is 5.92 Å². The van der Waals surface area contributed by atoms with Crippen LogP contribution < -0.4 is 0 Å². The third kappa shape index (κ3) is 3.15.